The van der Waals surface area contributed by atoms with E-state index in [9.17, 15) is 5.11 Å². The average Bonchev–Trinajstić information content (AvgIpc) is 2.25. The minimum atomic E-state index is -0.278. The zero-order valence-electron chi connectivity index (χ0n) is 11.3. The van der Waals surface area contributed by atoms with Crippen LogP contribution in [0.25, 0.3) is 0 Å². The molecule has 1 saturated carbocycles. The van der Waals surface area contributed by atoms with E-state index in [0.29, 0.717) is 24.5 Å². The van der Waals surface area contributed by atoms with Gasteiger partial charge in [-0.25, -0.2) is 0 Å². The van der Waals surface area contributed by atoms with Crippen LogP contribution in [0.5, 0.6) is 0 Å². The first-order valence-corrected chi connectivity index (χ1v) is 6.94. The van der Waals surface area contributed by atoms with Crippen molar-refractivity contribution in [1.29, 1.82) is 0 Å². The molecule has 3 unspecified atom stereocenters. The van der Waals surface area contributed by atoms with Crippen molar-refractivity contribution < 1.29 is 14.6 Å². The zero-order chi connectivity index (χ0) is 12.5. The monoisotopic (exact) mass is 242 g/mol. The molecule has 2 rings (SSSR count). The van der Waals surface area contributed by atoms with Crippen LogP contribution in [0.4, 0.5) is 0 Å². The highest BCUT2D eigenvalue weighted by molar-refractivity contribution is 4.88. The lowest BCUT2D eigenvalue weighted by atomic mass is 9.68. The lowest BCUT2D eigenvalue weighted by molar-refractivity contribution is -0.190. The molecular weight excluding hydrogens is 216 g/mol. The lowest BCUT2D eigenvalue weighted by Crippen LogP contribution is -2.46. The maximum absolute atomic E-state index is 10.0. The van der Waals surface area contributed by atoms with Gasteiger partial charge >= 0.3 is 0 Å². The molecule has 1 heterocycles. The van der Waals surface area contributed by atoms with E-state index < -0.39 is 0 Å². The van der Waals surface area contributed by atoms with Crippen LogP contribution in [0.15, 0.2) is 0 Å². The van der Waals surface area contributed by atoms with Crippen molar-refractivity contribution in [2.75, 3.05) is 13.2 Å². The van der Waals surface area contributed by atoms with Gasteiger partial charge in [0.15, 0.2) is 0 Å². The molecule has 1 saturated heterocycles. The maximum Gasteiger partial charge on any atom is 0.105 e. The van der Waals surface area contributed by atoms with E-state index in [4.69, 9.17) is 9.47 Å². The molecule has 0 aromatic rings. The Morgan fingerprint density at radius 1 is 1.29 bits per heavy atom. The Morgan fingerprint density at radius 2 is 2.00 bits per heavy atom. The van der Waals surface area contributed by atoms with Gasteiger partial charge in [-0.15, -0.1) is 0 Å². The van der Waals surface area contributed by atoms with E-state index in [2.05, 4.69) is 20.8 Å². The molecule has 0 aromatic heterocycles. The van der Waals surface area contributed by atoms with Gasteiger partial charge in [0, 0.05) is 0 Å². The quantitative estimate of drug-likeness (QED) is 0.822. The molecule has 3 atom stereocenters. The fourth-order valence-corrected chi connectivity index (χ4v) is 2.80. The van der Waals surface area contributed by atoms with E-state index in [-0.39, 0.29) is 18.3 Å². The number of hydrogen-bond acceptors (Lipinski definition) is 3. The molecule has 1 aliphatic carbocycles. The first kappa shape index (κ1) is 13.3. The van der Waals surface area contributed by atoms with Crippen LogP contribution in [0.2, 0.25) is 0 Å². The summed E-state index contributed by atoms with van der Waals surface area (Å²) >= 11 is 0. The third-order valence-corrected chi connectivity index (χ3v) is 4.75. The Kier molecular flexibility index (Phi) is 4.11. The second-order valence-electron chi connectivity index (χ2n) is 6.25. The predicted molar refractivity (Wildman–Crippen MR) is 66.9 cm³/mol. The van der Waals surface area contributed by atoms with Crippen LogP contribution in [0.3, 0.4) is 0 Å². The maximum atomic E-state index is 10.0. The average molecular weight is 242 g/mol. The summed E-state index contributed by atoms with van der Waals surface area (Å²) in [5.74, 6) is 0.668. The molecule has 2 aliphatic rings. The summed E-state index contributed by atoms with van der Waals surface area (Å²) in [5.41, 5.74) is 0.359. The molecule has 0 amide bonds. The summed E-state index contributed by atoms with van der Waals surface area (Å²) in [6, 6.07) is 0. The molecule has 0 radical (unpaired) electrons. The molecule has 0 aromatic carbocycles. The second kappa shape index (κ2) is 5.25. The highest BCUT2D eigenvalue weighted by Crippen LogP contribution is 2.41. The van der Waals surface area contributed by atoms with E-state index in [1.54, 1.807) is 0 Å². The molecule has 3 heteroatoms. The Balaban J connectivity index is 1.91. The van der Waals surface area contributed by atoms with Gasteiger partial charge < -0.3 is 14.6 Å². The van der Waals surface area contributed by atoms with Crippen LogP contribution < -0.4 is 0 Å². The predicted octanol–water partition coefficient (Wildman–Crippen LogP) is 2.37. The number of aliphatic hydroxyl groups excluding tert-OH is 1. The third-order valence-electron chi connectivity index (χ3n) is 4.75. The first-order valence-electron chi connectivity index (χ1n) is 6.94. The highest BCUT2D eigenvalue weighted by Gasteiger charge is 2.38. The van der Waals surface area contributed by atoms with Gasteiger partial charge in [0.05, 0.1) is 25.4 Å². The molecule has 1 aliphatic heterocycles. The van der Waals surface area contributed by atoms with Gasteiger partial charge in [-0.1, -0.05) is 27.2 Å². The van der Waals surface area contributed by atoms with E-state index in [1.807, 2.05) is 0 Å². The molecule has 17 heavy (non-hydrogen) atoms. The second-order valence-corrected chi connectivity index (χ2v) is 6.25. The molecule has 1 N–H and O–H groups in total. The largest absolute Gasteiger partial charge is 0.390 e. The van der Waals surface area contributed by atoms with Crippen LogP contribution >= 0.6 is 0 Å². The van der Waals surface area contributed by atoms with Gasteiger partial charge in [0.2, 0.25) is 0 Å². The van der Waals surface area contributed by atoms with Crippen molar-refractivity contribution in [3.63, 3.8) is 0 Å². The number of hydrogen-bond donors (Lipinski definition) is 1. The SMILES string of the molecule is CCC(C)(C)C1CCC(O)C(OC2COC2)C1. The minimum Gasteiger partial charge on any atom is -0.390 e. The van der Waals surface area contributed by atoms with Crippen LogP contribution in [0.1, 0.15) is 46.5 Å². The Morgan fingerprint density at radius 3 is 2.53 bits per heavy atom. The minimum absolute atomic E-state index is 0.0217. The van der Waals surface area contributed by atoms with E-state index >= 15 is 0 Å². The molecule has 0 bridgehead atoms. The smallest absolute Gasteiger partial charge is 0.105 e. The standard InChI is InChI=1S/C14H26O3/c1-4-14(2,3)10-5-6-12(15)13(7-10)17-11-8-16-9-11/h10-13,15H,4-9H2,1-3H3. The van der Waals surface area contributed by atoms with Gasteiger partial charge in [-0.2, -0.15) is 0 Å². The van der Waals surface area contributed by atoms with Gasteiger partial charge in [0.25, 0.3) is 0 Å². The Labute approximate surface area is 104 Å². The number of rotatable bonds is 4. The number of ether oxygens (including phenoxy) is 2. The summed E-state index contributed by atoms with van der Waals surface area (Å²) < 4.78 is 11.1. The summed E-state index contributed by atoms with van der Waals surface area (Å²) in [6.07, 6.45) is 4.16. The zero-order valence-corrected chi connectivity index (χ0v) is 11.3. The summed E-state index contributed by atoms with van der Waals surface area (Å²) in [7, 11) is 0. The third kappa shape index (κ3) is 3.01. The summed E-state index contributed by atoms with van der Waals surface area (Å²) in [4.78, 5) is 0. The molecule has 0 spiro atoms. The molecule has 2 fully saturated rings. The van der Waals surface area contributed by atoms with Gasteiger partial charge in [-0.05, 0) is 30.6 Å². The molecular formula is C14H26O3. The topological polar surface area (TPSA) is 38.7 Å². The van der Waals surface area contributed by atoms with Crippen molar-refractivity contribution in [2.45, 2.75) is 64.8 Å². The summed E-state index contributed by atoms with van der Waals surface area (Å²) in [5, 5.41) is 10.0. The Bertz CT molecular complexity index is 248. The van der Waals surface area contributed by atoms with Gasteiger partial charge in [0.1, 0.15) is 6.10 Å². The highest BCUT2D eigenvalue weighted by atomic mass is 16.6. The first-order chi connectivity index (χ1) is 8.03. The summed E-state index contributed by atoms with van der Waals surface area (Å²) in [6.45, 7) is 8.31. The van der Waals surface area contributed by atoms with Crippen molar-refractivity contribution in [2.24, 2.45) is 11.3 Å². The number of aliphatic hydroxyl groups is 1. The molecule has 3 nitrogen and oxygen atoms in total. The van der Waals surface area contributed by atoms with E-state index in [1.165, 1.54) is 6.42 Å². The van der Waals surface area contributed by atoms with Crippen molar-refractivity contribution in [3.8, 4) is 0 Å². The lowest BCUT2D eigenvalue weighted by Gasteiger charge is -2.43. The van der Waals surface area contributed by atoms with Crippen molar-refractivity contribution in [3.05, 3.63) is 0 Å². The fraction of sp³-hybridized carbons (Fsp3) is 1.00. The van der Waals surface area contributed by atoms with Crippen LogP contribution in [0, 0.1) is 11.3 Å². The normalized spacial score (nSPS) is 35.6. The van der Waals surface area contributed by atoms with Crippen LogP contribution in [-0.2, 0) is 9.47 Å². The van der Waals surface area contributed by atoms with E-state index in [0.717, 1.165) is 19.3 Å². The Hall–Kier alpha value is -0.120. The molecule has 100 valence electrons. The van der Waals surface area contributed by atoms with Crippen molar-refractivity contribution >= 4 is 0 Å². The van der Waals surface area contributed by atoms with Gasteiger partial charge in [-0.3, -0.25) is 0 Å². The fourth-order valence-electron chi connectivity index (χ4n) is 2.80. The van der Waals surface area contributed by atoms with Crippen LogP contribution in [-0.4, -0.2) is 36.6 Å². The van der Waals surface area contributed by atoms with Crippen molar-refractivity contribution in [1.82, 2.24) is 0 Å².